The monoisotopic (exact) mass is 337 g/mol. The van der Waals surface area contributed by atoms with Crippen molar-refractivity contribution in [3.8, 4) is 11.5 Å². The third-order valence-corrected chi connectivity index (χ3v) is 4.19. The Balaban J connectivity index is 2.02. The van der Waals surface area contributed by atoms with Crippen LogP contribution in [0.3, 0.4) is 0 Å². The standard InChI is InChI=1S/C16H23N3O5/c1-23-14-9-12(13(19(21)22)10-15(14)24-2)5-8-18-16(20)11-3-6-17-7-4-11/h9-11,17H,3-8H2,1-2H3,(H,18,20). The molecule has 0 atom stereocenters. The van der Waals surface area contributed by atoms with Gasteiger partial charge in [0.2, 0.25) is 5.91 Å². The highest BCUT2D eigenvalue weighted by molar-refractivity contribution is 5.78. The molecule has 1 aliphatic rings. The molecule has 132 valence electrons. The summed E-state index contributed by atoms with van der Waals surface area (Å²) in [4.78, 5) is 22.9. The van der Waals surface area contributed by atoms with Crippen LogP contribution in [-0.4, -0.2) is 44.7 Å². The van der Waals surface area contributed by atoms with Gasteiger partial charge < -0.3 is 20.1 Å². The lowest BCUT2D eigenvalue weighted by molar-refractivity contribution is -0.385. The summed E-state index contributed by atoms with van der Waals surface area (Å²) >= 11 is 0. The van der Waals surface area contributed by atoms with Crippen LogP contribution in [0.1, 0.15) is 18.4 Å². The number of nitro groups is 1. The number of carbonyl (C=O) groups excluding carboxylic acids is 1. The molecule has 8 heteroatoms. The maximum Gasteiger partial charge on any atom is 0.276 e. The number of hydrogen-bond acceptors (Lipinski definition) is 6. The topological polar surface area (TPSA) is 103 Å². The zero-order chi connectivity index (χ0) is 17.5. The van der Waals surface area contributed by atoms with Crippen LogP contribution in [0, 0.1) is 16.0 Å². The Kier molecular flexibility index (Phi) is 6.36. The van der Waals surface area contributed by atoms with Gasteiger partial charge in [-0.3, -0.25) is 14.9 Å². The van der Waals surface area contributed by atoms with E-state index >= 15 is 0 Å². The van der Waals surface area contributed by atoms with E-state index in [2.05, 4.69) is 10.6 Å². The van der Waals surface area contributed by atoms with Crippen LogP contribution >= 0.6 is 0 Å². The van der Waals surface area contributed by atoms with Crippen molar-refractivity contribution in [2.24, 2.45) is 5.92 Å². The lowest BCUT2D eigenvalue weighted by atomic mass is 9.97. The first-order valence-electron chi connectivity index (χ1n) is 7.94. The minimum atomic E-state index is -0.452. The molecule has 1 aromatic rings. The molecule has 2 N–H and O–H groups in total. The molecule has 1 amide bonds. The summed E-state index contributed by atoms with van der Waals surface area (Å²) < 4.78 is 10.3. The molecule has 0 aliphatic carbocycles. The average Bonchev–Trinajstić information content (AvgIpc) is 2.61. The summed E-state index contributed by atoms with van der Waals surface area (Å²) in [6.07, 6.45) is 2.00. The summed E-state index contributed by atoms with van der Waals surface area (Å²) in [6.45, 7) is 2.04. The third kappa shape index (κ3) is 4.35. The van der Waals surface area contributed by atoms with Gasteiger partial charge in [0.1, 0.15) is 0 Å². The molecule has 0 radical (unpaired) electrons. The minimum Gasteiger partial charge on any atom is -0.493 e. The number of methoxy groups -OCH3 is 2. The quantitative estimate of drug-likeness (QED) is 0.574. The van der Waals surface area contributed by atoms with Gasteiger partial charge in [-0.1, -0.05) is 0 Å². The van der Waals surface area contributed by atoms with Crippen molar-refractivity contribution in [1.29, 1.82) is 0 Å². The molecule has 0 unspecified atom stereocenters. The maximum absolute atomic E-state index is 12.1. The highest BCUT2D eigenvalue weighted by atomic mass is 16.6. The van der Waals surface area contributed by atoms with E-state index < -0.39 is 4.92 Å². The Hall–Kier alpha value is -2.35. The van der Waals surface area contributed by atoms with Gasteiger partial charge in [-0.2, -0.15) is 0 Å². The molecule has 1 heterocycles. The van der Waals surface area contributed by atoms with Crippen molar-refractivity contribution in [2.45, 2.75) is 19.3 Å². The van der Waals surface area contributed by atoms with Crippen molar-refractivity contribution in [2.75, 3.05) is 33.9 Å². The first kappa shape index (κ1) is 18.0. The first-order valence-corrected chi connectivity index (χ1v) is 7.94. The van der Waals surface area contributed by atoms with E-state index in [4.69, 9.17) is 9.47 Å². The van der Waals surface area contributed by atoms with Gasteiger partial charge in [-0.05, 0) is 38.4 Å². The van der Waals surface area contributed by atoms with E-state index in [-0.39, 0.29) is 17.5 Å². The number of nitrogens with zero attached hydrogens (tertiary/aromatic N) is 1. The highest BCUT2D eigenvalue weighted by Crippen LogP contribution is 2.34. The molecule has 1 fully saturated rings. The number of carbonyl (C=O) groups is 1. The zero-order valence-corrected chi connectivity index (χ0v) is 14.0. The van der Waals surface area contributed by atoms with Crippen molar-refractivity contribution < 1.29 is 19.2 Å². The maximum atomic E-state index is 12.1. The average molecular weight is 337 g/mol. The van der Waals surface area contributed by atoms with Crippen molar-refractivity contribution in [1.82, 2.24) is 10.6 Å². The molecule has 1 aliphatic heterocycles. The Labute approximate surface area is 140 Å². The van der Waals surface area contributed by atoms with Gasteiger partial charge in [0.05, 0.1) is 25.2 Å². The van der Waals surface area contributed by atoms with Gasteiger partial charge in [0.25, 0.3) is 5.69 Å². The molecular formula is C16H23N3O5. The highest BCUT2D eigenvalue weighted by Gasteiger charge is 2.22. The predicted octanol–water partition coefficient (Wildman–Crippen LogP) is 1.27. The second kappa shape index (κ2) is 8.49. The number of benzene rings is 1. The molecule has 1 saturated heterocycles. The fraction of sp³-hybridized carbons (Fsp3) is 0.562. The number of nitro benzene ring substituents is 1. The molecule has 1 aromatic carbocycles. The number of hydrogen-bond donors (Lipinski definition) is 2. The number of piperidine rings is 1. The Morgan fingerprint density at radius 2 is 1.92 bits per heavy atom. The fourth-order valence-electron chi connectivity index (χ4n) is 2.83. The molecule has 0 spiro atoms. The van der Waals surface area contributed by atoms with Crippen LogP contribution < -0.4 is 20.1 Å². The lowest BCUT2D eigenvalue weighted by Crippen LogP contribution is -2.38. The molecule has 0 saturated carbocycles. The Bertz CT molecular complexity index is 600. The SMILES string of the molecule is COc1cc(CCNC(=O)C2CCNCC2)c([N+](=O)[O-])cc1OC. The number of amides is 1. The molecule has 0 aromatic heterocycles. The van der Waals surface area contributed by atoms with Gasteiger partial charge in [0.15, 0.2) is 11.5 Å². The number of ether oxygens (including phenoxy) is 2. The van der Waals surface area contributed by atoms with Crippen LogP contribution in [0.4, 0.5) is 5.69 Å². The molecule has 24 heavy (non-hydrogen) atoms. The van der Waals surface area contributed by atoms with E-state index in [1.165, 1.54) is 20.3 Å². The number of nitrogens with one attached hydrogen (secondary N) is 2. The first-order chi connectivity index (χ1) is 11.6. The van der Waals surface area contributed by atoms with E-state index in [9.17, 15) is 14.9 Å². The minimum absolute atomic E-state index is 0.0135. The lowest BCUT2D eigenvalue weighted by Gasteiger charge is -2.21. The van der Waals surface area contributed by atoms with Crippen molar-refractivity contribution >= 4 is 11.6 Å². The summed E-state index contributed by atoms with van der Waals surface area (Å²) in [7, 11) is 2.91. The van der Waals surface area contributed by atoms with E-state index in [0.29, 0.717) is 30.0 Å². The van der Waals surface area contributed by atoms with Gasteiger partial charge in [-0.25, -0.2) is 0 Å². The second-order valence-electron chi connectivity index (χ2n) is 5.66. The normalized spacial score (nSPS) is 14.9. The zero-order valence-electron chi connectivity index (χ0n) is 14.0. The van der Waals surface area contributed by atoms with Crippen molar-refractivity contribution in [3.05, 3.63) is 27.8 Å². The predicted molar refractivity (Wildman–Crippen MR) is 88.5 cm³/mol. The van der Waals surface area contributed by atoms with Crippen LogP contribution in [-0.2, 0) is 11.2 Å². The summed E-state index contributed by atoms with van der Waals surface area (Å²) in [5.74, 6) is 0.778. The molecule has 2 rings (SSSR count). The van der Waals surface area contributed by atoms with E-state index in [0.717, 1.165) is 25.9 Å². The summed E-state index contributed by atoms with van der Waals surface area (Å²) in [6, 6.07) is 2.94. The third-order valence-electron chi connectivity index (χ3n) is 4.19. The number of rotatable bonds is 7. The second-order valence-corrected chi connectivity index (χ2v) is 5.66. The summed E-state index contributed by atoms with van der Waals surface area (Å²) in [5.41, 5.74) is 0.465. The fourth-order valence-corrected chi connectivity index (χ4v) is 2.83. The van der Waals surface area contributed by atoms with Crippen LogP contribution in [0.2, 0.25) is 0 Å². The van der Waals surface area contributed by atoms with Crippen LogP contribution in [0.25, 0.3) is 0 Å². The van der Waals surface area contributed by atoms with Crippen molar-refractivity contribution in [3.63, 3.8) is 0 Å². The Morgan fingerprint density at radius 3 is 2.50 bits per heavy atom. The van der Waals surface area contributed by atoms with Gasteiger partial charge >= 0.3 is 0 Å². The molecular weight excluding hydrogens is 314 g/mol. The van der Waals surface area contributed by atoms with Gasteiger partial charge in [-0.15, -0.1) is 0 Å². The smallest absolute Gasteiger partial charge is 0.276 e. The largest absolute Gasteiger partial charge is 0.493 e. The Morgan fingerprint density at radius 1 is 1.29 bits per heavy atom. The van der Waals surface area contributed by atoms with E-state index in [1.807, 2.05) is 0 Å². The van der Waals surface area contributed by atoms with Gasteiger partial charge in [0, 0.05) is 18.0 Å². The summed E-state index contributed by atoms with van der Waals surface area (Å²) in [5, 5.41) is 17.3. The van der Waals surface area contributed by atoms with E-state index in [1.54, 1.807) is 6.07 Å². The van der Waals surface area contributed by atoms with Crippen LogP contribution in [0.5, 0.6) is 11.5 Å². The molecule has 0 bridgehead atoms. The van der Waals surface area contributed by atoms with Crippen LogP contribution in [0.15, 0.2) is 12.1 Å². The molecule has 8 nitrogen and oxygen atoms in total.